The standard InChI is InChI=1S/C15H26N4O/c1-11(2)8-19-6-5-13(10-19)9-18(4)15(20)14-16-7-12(3)17-14/h7,11,13H,5-6,8-10H2,1-4H3,(H,16,17). The van der Waals surface area contributed by atoms with Crippen LogP contribution in [0.5, 0.6) is 0 Å². The second kappa shape index (κ2) is 6.39. The Morgan fingerprint density at radius 2 is 2.35 bits per heavy atom. The van der Waals surface area contributed by atoms with Crippen LogP contribution in [0.3, 0.4) is 0 Å². The molecule has 1 unspecified atom stereocenters. The van der Waals surface area contributed by atoms with E-state index in [1.807, 2.05) is 14.0 Å². The topological polar surface area (TPSA) is 52.2 Å². The lowest BCUT2D eigenvalue weighted by Crippen LogP contribution is -2.34. The summed E-state index contributed by atoms with van der Waals surface area (Å²) >= 11 is 0. The quantitative estimate of drug-likeness (QED) is 0.893. The fourth-order valence-electron chi connectivity index (χ4n) is 2.92. The van der Waals surface area contributed by atoms with Gasteiger partial charge in [0, 0.05) is 38.6 Å². The molecule has 1 aromatic rings. The van der Waals surface area contributed by atoms with Gasteiger partial charge >= 0.3 is 0 Å². The molecule has 0 aliphatic carbocycles. The summed E-state index contributed by atoms with van der Waals surface area (Å²) in [4.78, 5) is 23.6. The molecule has 0 bridgehead atoms. The van der Waals surface area contributed by atoms with Gasteiger partial charge in [0.2, 0.25) is 0 Å². The predicted octanol–water partition coefficient (Wildman–Crippen LogP) is 1.77. The molecule has 5 nitrogen and oxygen atoms in total. The van der Waals surface area contributed by atoms with Gasteiger partial charge in [0.05, 0.1) is 0 Å². The van der Waals surface area contributed by atoms with E-state index in [-0.39, 0.29) is 5.91 Å². The van der Waals surface area contributed by atoms with E-state index in [4.69, 9.17) is 0 Å². The summed E-state index contributed by atoms with van der Waals surface area (Å²) in [6.07, 6.45) is 2.88. The van der Waals surface area contributed by atoms with Gasteiger partial charge in [0.25, 0.3) is 5.91 Å². The van der Waals surface area contributed by atoms with E-state index in [0.717, 1.165) is 31.9 Å². The van der Waals surface area contributed by atoms with Crippen molar-refractivity contribution in [3.8, 4) is 0 Å². The van der Waals surface area contributed by atoms with E-state index in [2.05, 4.69) is 28.7 Å². The monoisotopic (exact) mass is 278 g/mol. The number of hydrogen-bond acceptors (Lipinski definition) is 3. The number of carbonyl (C=O) groups is 1. The van der Waals surface area contributed by atoms with Crippen molar-refractivity contribution in [2.75, 3.05) is 33.2 Å². The van der Waals surface area contributed by atoms with E-state index >= 15 is 0 Å². The Kier molecular flexibility index (Phi) is 4.81. The summed E-state index contributed by atoms with van der Waals surface area (Å²) < 4.78 is 0. The number of nitrogens with one attached hydrogen (secondary N) is 1. The van der Waals surface area contributed by atoms with Crippen LogP contribution in [0.25, 0.3) is 0 Å². The number of hydrogen-bond donors (Lipinski definition) is 1. The molecule has 2 heterocycles. The summed E-state index contributed by atoms with van der Waals surface area (Å²) in [7, 11) is 1.87. The Morgan fingerprint density at radius 3 is 2.95 bits per heavy atom. The molecule has 1 saturated heterocycles. The van der Waals surface area contributed by atoms with Crippen LogP contribution in [-0.2, 0) is 0 Å². The summed E-state index contributed by atoms with van der Waals surface area (Å²) in [6.45, 7) is 10.6. The first-order valence-electron chi connectivity index (χ1n) is 7.45. The predicted molar refractivity (Wildman–Crippen MR) is 79.7 cm³/mol. The zero-order chi connectivity index (χ0) is 14.7. The second-order valence-electron chi connectivity index (χ2n) is 6.41. The van der Waals surface area contributed by atoms with E-state index in [1.54, 1.807) is 11.1 Å². The van der Waals surface area contributed by atoms with Crippen molar-refractivity contribution in [1.82, 2.24) is 19.8 Å². The Labute approximate surface area is 121 Å². The number of amides is 1. The average molecular weight is 278 g/mol. The van der Waals surface area contributed by atoms with Crippen LogP contribution in [-0.4, -0.2) is 58.9 Å². The minimum Gasteiger partial charge on any atom is -0.339 e. The lowest BCUT2D eigenvalue weighted by Gasteiger charge is -2.21. The van der Waals surface area contributed by atoms with Crippen LogP contribution >= 0.6 is 0 Å². The van der Waals surface area contributed by atoms with Gasteiger partial charge in [-0.1, -0.05) is 13.8 Å². The molecule has 5 heteroatoms. The van der Waals surface area contributed by atoms with E-state index in [1.165, 1.54) is 6.42 Å². The normalized spacial score (nSPS) is 19.8. The lowest BCUT2D eigenvalue weighted by molar-refractivity contribution is 0.0762. The molecule has 1 atom stereocenters. The van der Waals surface area contributed by atoms with E-state index in [0.29, 0.717) is 17.7 Å². The summed E-state index contributed by atoms with van der Waals surface area (Å²) in [5, 5.41) is 0. The van der Waals surface area contributed by atoms with Crippen molar-refractivity contribution in [3.05, 3.63) is 17.7 Å². The van der Waals surface area contributed by atoms with Gasteiger partial charge in [-0.2, -0.15) is 0 Å². The molecule has 1 aromatic heterocycles. The zero-order valence-corrected chi connectivity index (χ0v) is 13.0. The van der Waals surface area contributed by atoms with Crippen LogP contribution in [0.4, 0.5) is 0 Å². The fraction of sp³-hybridized carbons (Fsp3) is 0.733. The summed E-state index contributed by atoms with van der Waals surface area (Å²) in [5.74, 6) is 1.72. The number of aryl methyl sites for hydroxylation is 1. The number of likely N-dealkylation sites (tertiary alicyclic amines) is 1. The molecule has 1 fully saturated rings. The molecule has 0 spiro atoms. The molecule has 112 valence electrons. The molecule has 1 N–H and O–H groups in total. The number of nitrogens with zero attached hydrogens (tertiary/aromatic N) is 3. The van der Waals surface area contributed by atoms with Crippen LogP contribution < -0.4 is 0 Å². The Balaban J connectivity index is 1.83. The van der Waals surface area contributed by atoms with Crippen molar-refractivity contribution >= 4 is 5.91 Å². The fourth-order valence-corrected chi connectivity index (χ4v) is 2.92. The first kappa shape index (κ1) is 15.0. The first-order chi connectivity index (χ1) is 9.45. The number of imidazole rings is 1. The lowest BCUT2D eigenvalue weighted by atomic mass is 10.1. The van der Waals surface area contributed by atoms with Crippen LogP contribution in [0.15, 0.2) is 6.20 Å². The Morgan fingerprint density at radius 1 is 1.60 bits per heavy atom. The number of aromatic nitrogens is 2. The highest BCUT2D eigenvalue weighted by Crippen LogP contribution is 2.18. The molecular weight excluding hydrogens is 252 g/mol. The molecule has 1 amide bonds. The molecule has 1 aliphatic rings. The maximum atomic E-state index is 12.2. The molecule has 0 saturated carbocycles. The SMILES string of the molecule is Cc1cnc(C(=O)N(C)CC2CCN(CC(C)C)C2)[nH]1. The van der Waals surface area contributed by atoms with Gasteiger partial charge in [0.15, 0.2) is 5.82 Å². The molecular formula is C15H26N4O. The van der Waals surface area contributed by atoms with E-state index in [9.17, 15) is 4.79 Å². The van der Waals surface area contributed by atoms with Gasteiger partial charge in [-0.3, -0.25) is 4.79 Å². The molecule has 20 heavy (non-hydrogen) atoms. The highest BCUT2D eigenvalue weighted by Gasteiger charge is 2.26. The van der Waals surface area contributed by atoms with Gasteiger partial charge < -0.3 is 14.8 Å². The van der Waals surface area contributed by atoms with E-state index < -0.39 is 0 Å². The van der Waals surface area contributed by atoms with Crippen LogP contribution in [0, 0.1) is 18.8 Å². The van der Waals surface area contributed by atoms with Crippen molar-refractivity contribution in [1.29, 1.82) is 0 Å². The summed E-state index contributed by atoms with van der Waals surface area (Å²) in [6, 6.07) is 0. The third kappa shape index (κ3) is 3.82. The Hall–Kier alpha value is -1.36. The number of aromatic amines is 1. The van der Waals surface area contributed by atoms with Gasteiger partial charge in [-0.25, -0.2) is 4.98 Å². The zero-order valence-electron chi connectivity index (χ0n) is 13.0. The number of H-pyrrole nitrogens is 1. The third-order valence-corrected chi connectivity index (χ3v) is 3.78. The maximum absolute atomic E-state index is 12.2. The minimum absolute atomic E-state index is 0.0135. The largest absolute Gasteiger partial charge is 0.339 e. The van der Waals surface area contributed by atoms with Crippen molar-refractivity contribution in [3.63, 3.8) is 0 Å². The Bertz CT molecular complexity index is 454. The molecule has 1 aliphatic heterocycles. The second-order valence-corrected chi connectivity index (χ2v) is 6.41. The first-order valence-corrected chi connectivity index (χ1v) is 7.45. The highest BCUT2D eigenvalue weighted by atomic mass is 16.2. The average Bonchev–Trinajstić information content (AvgIpc) is 2.97. The highest BCUT2D eigenvalue weighted by molar-refractivity contribution is 5.90. The molecule has 0 aromatic carbocycles. The number of carbonyl (C=O) groups excluding carboxylic acids is 1. The van der Waals surface area contributed by atoms with Crippen molar-refractivity contribution in [2.45, 2.75) is 27.2 Å². The van der Waals surface area contributed by atoms with Crippen LogP contribution in [0.1, 0.15) is 36.6 Å². The smallest absolute Gasteiger partial charge is 0.289 e. The van der Waals surface area contributed by atoms with Crippen molar-refractivity contribution in [2.24, 2.45) is 11.8 Å². The van der Waals surface area contributed by atoms with Gasteiger partial charge in [0.1, 0.15) is 0 Å². The van der Waals surface area contributed by atoms with Gasteiger partial charge in [-0.05, 0) is 31.7 Å². The maximum Gasteiger partial charge on any atom is 0.289 e. The van der Waals surface area contributed by atoms with Gasteiger partial charge in [-0.15, -0.1) is 0 Å². The molecule has 2 rings (SSSR count). The number of rotatable bonds is 5. The summed E-state index contributed by atoms with van der Waals surface area (Å²) in [5.41, 5.74) is 0.922. The minimum atomic E-state index is -0.0135. The van der Waals surface area contributed by atoms with Crippen molar-refractivity contribution < 1.29 is 4.79 Å². The van der Waals surface area contributed by atoms with Crippen LogP contribution in [0.2, 0.25) is 0 Å². The molecule has 0 radical (unpaired) electrons. The third-order valence-electron chi connectivity index (χ3n) is 3.78.